The molecule has 0 saturated carbocycles. The summed E-state index contributed by atoms with van der Waals surface area (Å²) < 4.78 is 0. The van der Waals surface area contributed by atoms with Gasteiger partial charge in [-0.2, -0.15) is 0 Å². The van der Waals surface area contributed by atoms with E-state index in [-0.39, 0.29) is 5.91 Å². The molecule has 1 heterocycles. The molecule has 0 bridgehead atoms. The van der Waals surface area contributed by atoms with Crippen LogP contribution in [0.1, 0.15) is 25.5 Å². The molecule has 0 saturated heterocycles. The molecule has 0 radical (unpaired) electrons. The van der Waals surface area contributed by atoms with Crippen LogP contribution in [0.5, 0.6) is 0 Å². The lowest BCUT2D eigenvalue weighted by Crippen LogP contribution is -2.26. The lowest BCUT2D eigenvalue weighted by molar-refractivity contribution is -0.121. The number of H-pyrrole nitrogens is 1. The van der Waals surface area contributed by atoms with Crippen molar-refractivity contribution in [2.45, 2.75) is 26.2 Å². The first-order valence-electron chi connectivity index (χ1n) is 5.66. The Morgan fingerprint density at radius 3 is 3.12 bits per heavy atom. The molecule has 0 aromatic carbocycles. The summed E-state index contributed by atoms with van der Waals surface area (Å²) in [6, 6.07) is 0. The van der Waals surface area contributed by atoms with Crippen molar-refractivity contribution in [3.8, 4) is 0 Å². The number of aromatic nitrogens is 2. The van der Waals surface area contributed by atoms with E-state index in [9.17, 15) is 4.79 Å². The average molecular weight is 224 g/mol. The van der Waals surface area contributed by atoms with Crippen LogP contribution in [0.15, 0.2) is 12.5 Å². The maximum Gasteiger partial charge on any atom is 0.220 e. The molecule has 1 atom stereocenters. The van der Waals surface area contributed by atoms with Crippen molar-refractivity contribution in [3.05, 3.63) is 18.2 Å². The first-order valence-corrected chi connectivity index (χ1v) is 5.66. The quantitative estimate of drug-likeness (QED) is 0.628. The predicted octanol–water partition coefficient (Wildman–Crippen LogP) is 0.443. The molecule has 0 spiro atoms. The lowest BCUT2D eigenvalue weighted by atomic mass is 10.1. The third kappa shape index (κ3) is 4.93. The highest BCUT2D eigenvalue weighted by Crippen LogP contribution is 2.02. The number of aromatic amines is 1. The monoisotopic (exact) mass is 224 g/mol. The Labute approximate surface area is 95.8 Å². The van der Waals surface area contributed by atoms with Crippen LogP contribution in [0.2, 0.25) is 0 Å². The van der Waals surface area contributed by atoms with Crippen molar-refractivity contribution in [2.75, 3.05) is 13.1 Å². The van der Waals surface area contributed by atoms with Crippen molar-refractivity contribution in [3.63, 3.8) is 0 Å². The summed E-state index contributed by atoms with van der Waals surface area (Å²) in [5.74, 6) is 0.512. The average Bonchev–Trinajstić information content (AvgIpc) is 2.79. The van der Waals surface area contributed by atoms with E-state index in [1.165, 1.54) is 0 Å². The third-order valence-electron chi connectivity index (χ3n) is 2.54. The summed E-state index contributed by atoms with van der Waals surface area (Å²) in [6.45, 7) is 3.34. The molecular weight excluding hydrogens is 204 g/mol. The van der Waals surface area contributed by atoms with E-state index >= 15 is 0 Å². The largest absolute Gasteiger partial charge is 0.356 e. The van der Waals surface area contributed by atoms with Crippen molar-refractivity contribution in [1.82, 2.24) is 15.3 Å². The third-order valence-corrected chi connectivity index (χ3v) is 2.54. The molecule has 1 rings (SSSR count). The summed E-state index contributed by atoms with van der Waals surface area (Å²) in [5, 5.41) is 2.87. The zero-order chi connectivity index (χ0) is 11.8. The second-order valence-corrected chi connectivity index (χ2v) is 4.06. The Morgan fingerprint density at radius 2 is 2.50 bits per heavy atom. The highest BCUT2D eigenvalue weighted by Gasteiger charge is 2.04. The van der Waals surface area contributed by atoms with E-state index in [1.807, 2.05) is 0 Å². The molecular formula is C11H20N4O. The topological polar surface area (TPSA) is 83.8 Å². The fourth-order valence-corrected chi connectivity index (χ4v) is 1.34. The smallest absolute Gasteiger partial charge is 0.220 e. The molecule has 1 unspecified atom stereocenters. The van der Waals surface area contributed by atoms with Crippen LogP contribution in [0, 0.1) is 5.92 Å². The van der Waals surface area contributed by atoms with Gasteiger partial charge in [-0.3, -0.25) is 4.79 Å². The molecule has 1 amide bonds. The molecule has 0 aliphatic carbocycles. The SMILES string of the molecule is CC(CN)CCC(=O)NCCc1cnc[nH]1. The van der Waals surface area contributed by atoms with Crippen molar-refractivity contribution in [2.24, 2.45) is 11.7 Å². The van der Waals surface area contributed by atoms with Gasteiger partial charge in [0.1, 0.15) is 0 Å². The van der Waals surface area contributed by atoms with E-state index < -0.39 is 0 Å². The summed E-state index contributed by atoms with van der Waals surface area (Å²) in [7, 11) is 0. The molecule has 1 aromatic heterocycles. The van der Waals surface area contributed by atoms with Gasteiger partial charge in [0, 0.05) is 31.3 Å². The predicted molar refractivity (Wildman–Crippen MR) is 62.8 cm³/mol. The molecule has 0 aliphatic heterocycles. The van der Waals surface area contributed by atoms with Gasteiger partial charge in [0.15, 0.2) is 0 Å². The number of amides is 1. The van der Waals surface area contributed by atoms with Gasteiger partial charge in [-0.25, -0.2) is 4.98 Å². The molecule has 4 N–H and O–H groups in total. The van der Waals surface area contributed by atoms with Crippen LogP contribution in [0.4, 0.5) is 0 Å². The van der Waals surface area contributed by atoms with Gasteiger partial charge in [0.2, 0.25) is 5.91 Å². The minimum atomic E-state index is 0.0971. The number of hydrogen-bond acceptors (Lipinski definition) is 3. The second kappa shape index (κ2) is 7.00. The van der Waals surface area contributed by atoms with E-state index in [0.29, 0.717) is 25.4 Å². The molecule has 5 heteroatoms. The molecule has 1 aromatic rings. The first kappa shape index (κ1) is 12.7. The van der Waals surface area contributed by atoms with Gasteiger partial charge < -0.3 is 16.0 Å². The van der Waals surface area contributed by atoms with Crippen LogP contribution < -0.4 is 11.1 Å². The number of nitrogens with zero attached hydrogens (tertiary/aromatic N) is 1. The number of carbonyl (C=O) groups excluding carboxylic acids is 1. The summed E-state index contributed by atoms with van der Waals surface area (Å²) in [6.07, 6.45) is 5.61. The Bertz CT molecular complexity index is 297. The van der Waals surface area contributed by atoms with Crippen LogP contribution in [-0.2, 0) is 11.2 Å². The lowest BCUT2D eigenvalue weighted by Gasteiger charge is -2.08. The fraction of sp³-hybridized carbons (Fsp3) is 0.636. The van der Waals surface area contributed by atoms with E-state index in [1.54, 1.807) is 12.5 Å². The Balaban J connectivity index is 2.06. The Morgan fingerprint density at radius 1 is 1.69 bits per heavy atom. The number of rotatable bonds is 7. The van der Waals surface area contributed by atoms with Crippen molar-refractivity contribution >= 4 is 5.91 Å². The van der Waals surface area contributed by atoms with Crippen LogP contribution in [-0.4, -0.2) is 29.0 Å². The normalized spacial score (nSPS) is 12.4. The number of carbonyl (C=O) groups is 1. The molecule has 5 nitrogen and oxygen atoms in total. The number of nitrogens with two attached hydrogens (primary N) is 1. The van der Waals surface area contributed by atoms with Gasteiger partial charge >= 0.3 is 0 Å². The van der Waals surface area contributed by atoms with Crippen LogP contribution in [0.25, 0.3) is 0 Å². The zero-order valence-corrected chi connectivity index (χ0v) is 9.70. The number of imidazole rings is 1. The minimum absolute atomic E-state index is 0.0971. The molecule has 0 fully saturated rings. The second-order valence-electron chi connectivity index (χ2n) is 4.06. The molecule has 0 aliphatic rings. The highest BCUT2D eigenvalue weighted by molar-refractivity contribution is 5.75. The van der Waals surface area contributed by atoms with Crippen LogP contribution >= 0.6 is 0 Å². The van der Waals surface area contributed by atoms with E-state index in [0.717, 1.165) is 18.5 Å². The number of nitrogens with one attached hydrogen (secondary N) is 2. The van der Waals surface area contributed by atoms with Crippen molar-refractivity contribution in [1.29, 1.82) is 0 Å². The van der Waals surface area contributed by atoms with Crippen LogP contribution in [0.3, 0.4) is 0 Å². The Hall–Kier alpha value is -1.36. The van der Waals surface area contributed by atoms with Gasteiger partial charge in [-0.05, 0) is 18.9 Å². The highest BCUT2D eigenvalue weighted by atomic mass is 16.1. The van der Waals surface area contributed by atoms with Gasteiger partial charge in [0.05, 0.1) is 6.33 Å². The molecule has 90 valence electrons. The molecule has 16 heavy (non-hydrogen) atoms. The Kier molecular flexibility index (Phi) is 5.56. The van der Waals surface area contributed by atoms with Gasteiger partial charge in [-0.15, -0.1) is 0 Å². The maximum absolute atomic E-state index is 11.4. The van der Waals surface area contributed by atoms with Gasteiger partial charge in [-0.1, -0.05) is 6.92 Å². The van der Waals surface area contributed by atoms with Crippen molar-refractivity contribution < 1.29 is 4.79 Å². The maximum atomic E-state index is 11.4. The summed E-state index contributed by atoms with van der Waals surface area (Å²) in [4.78, 5) is 18.3. The minimum Gasteiger partial charge on any atom is -0.356 e. The van der Waals surface area contributed by atoms with E-state index in [2.05, 4.69) is 22.2 Å². The fourth-order valence-electron chi connectivity index (χ4n) is 1.34. The number of hydrogen-bond donors (Lipinski definition) is 3. The summed E-state index contributed by atoms with van der Waals surface area (Å²) >= 11 is 0. The first-order chi connectivity index (χ1) is 7.72. The van der Waals surface area contributed by atoms with E-state index in [4.69, 9.17) is 5.73 Å². The van der Waals surface area contributed by atoms with Gasteiger partial charge in [0.25, 0.3) is 0 Å². The standard InChI is InChI=1S/C11H20N4O/c1-9(6-12)2-3-11(16)14-5-4-10-7-13-8-15-10/h7-9H,2-6,12H2,1H3,(H,13,15)(H,14,16). The zero-order valence-electron chi connectivity index (χ0n) is 9.70. The summed E-state index contributed by atoms with van der Waals surface area (Å²) in [5.41, 5.74) is 6.52.